The van der Waals surface area contributed by atoms with Crippen molar-refractivity contribution in [2.45, 2.75) is 6.10 Å². The lowest BCUT2D eigenvalue weighted by Gasteiger charge is -2.10. The normalized spacial score (nSPS) is 12.8. The zero-order valence-corrected chi connectivity index (χ0v) is 7.33. The fourth-order valence-corrected chi connectivity index (χ4v) is 0.965. The molecule has 1 aromatic rings. The van der Waals surface area contributed by atoms with Crippen LogP contribution >= 0.6 is 0 Å². The van der Waals surface area contributed by atoms with Gasteiger partial charge in [0, 0.05) is 0 Å². The van der Waals surface area contributed by atoms with Crippen LogP contribution in [0.3, 0.4) is 0 Å². The van der Waals surface area contributed by atoms with Gasteiger partial charge in [-0.2, -0.15) is 5.48 Å². The summed E-state index contributed by atoms with van der Waals surface area (Å²) >= 11 is 0. The molecular formula is C9H12FNO2. The third kappa shape index (κ3) is 3.10. The van der Waals surface area contributed by atoms with Gasteiger partial charge in [0.25, 0.3) is 0 Å². The number of hydroxylamine groups is 1. The first-order valence-corrected chi connectivity index (χ1v) is 3.93. The Labute approximate surface area is 76.1 Å². The van der Waals surface area contributed by atoms with Gasteiger partial charge in [-0.1, -0.05) is 12.1 Å². The van der Waals surface area contributed by atoms with E-state index < -0.39 is 6.10 Å². The lowest BCUT2D eigenvalue weighted by Crippen LogP contribution is -2.20. The van der Waals surface area contributed by atoms with Crippen LogP contribution in [0.25, 0.3) is 0 Å². The van der Waals surface area contributed by atoms with Crippen LogP contribution in [0.1, 0.15) is 11.7 Å². The van der Waals surface area contributed by atoms with E-state index in [9.17, 15) is 9.50 Å². The zero-order chi connectivity index (χ0) is 9.68. The maximum absolute atomic E-state index is 12.5. The molecule has 0 aliphatic carbocycles. The molecule has 1 atom stereocenters. The van der Waals surface area contributed by atoms with Gasteiger partial charge < -0.3 is 9.94 Å². The first-order chi connectivity index (χ1) is 6.24. The Bertz CT molecular complexity index is 250. The number of aliphatic hydroxyl groups is 1. The van der Waals surface area contributed by atoms with E-state index in [0.717, 1.165) is 0 Å². The van der Waals surface area contributed by atoms with Crippen LogP contribution in [0.4, 0.5) is 4.39 Å². The molecule has 0 spiro atoms. The van der Waals surface area contributed by atoms with E-state index in [0.29, 0.717) is 5.56 Å². The Morgan fingerprint density at radius 2 is 2.08 bits per heavy atom. The minimum atomic E-state index is -0.680. The minimum absolute atomic E-state index is 0.280. The van der Waals surface area contributed by atoms with E-state index in [1.807, 2.05) is 0 Å². The van der Waals surface area contributed by atoms with E-state index in [1.165, 1.54) is 31.4 Å². The van der Waals surface area contributed by atoms with E-state index in [-0.39, 0.29) is 12.4 Å². The topological polar surface area (TPSA) is 41.5 Å². The minimum Gasteiger partial charge on any atom is -0.387 e. The number of aliphatic hydroxyl groups excluding tert-OH is 1. The quantitative estimate of drug-likeness (QED) is 0.688. The SMILES string of the molecule is CONCC(O)c1ccc(F)cc1. The van der Waals surface area contributed by atoms with Crippen LogP contribution in [0.5, 0.6) is 0 Å². The monoisotopic (exact) mass is 185 g/mol. The van der Waals surface area contributed by atoms with Crippen LogP contribution in [0.2, 0.25) is 0 Å². The summed E-state index contributed by atoms with van der Waals surface area (Å²) in [5, 5.41) is 9.48. The van der Waals surface area contributed by atoms with Crippen molar-refractivity contribution >= 4 is 0 Å². The lowest BCUT2D eigenvalue weighted by atomic mass is 10.1. The number of hydrogen-bond donors (Lipinski definition) is 2. The van der Waals surface area contributed by atoms with Gasteiger partial charge in [0.1, 0.15) is 5.82 Å². The van der Waals surface area contributed by atoms with Gasteiger partial charge in [-0.25, -0.2) is 4.39 Å². The Morgan fingerprint density at radius 3 is 2.62 bits per heavy atom. The highest BCUT2D eigenvalue weighted by Crippen LogP contribution is 2.11. The van der Waals surface area contributed by atoms with Gasteiger partial charge in [0.05, 0.1) is 19.8 Å². The molecule has 0 aromatic heterocycles. The summed E-state index contributed by atoms with van der Waals surface area (Å²) in [5.74, 6) is -0.310. The number of hydrogen-bond acceptors (Lipinski definition) is 3. The molecule has 0 heterocycles. The summed E-state index contributed by atoms with van der Waals surface area (Å²) in [4.78, 5) is 4.57. The van der Waals surface area contributed by atoms with Crippen LogP contribution in [0, 0.1) is 5.82 Å². The first-order valence-electron chi connectivity index (χ1n) is 3.93. The maximum atomic E-state index is 12.5. The molecule has 4 heteroatoms. The summed E-state index contributed by atoms with van der Waals surface area (Å²) in [6, 6.07) is 5.70. The third-order valence-corrected chi connectivity index (χ3v) is 1.68. The van der Waals surface area contributed by atoms with Gasteiger partial charge in [-0.15, -0.1) is 0 Å². The van der Waals surface area contributed by atoms with Gasteiger partial charge in [-0.3, -0.25) is 0 Å². The summed E-state index contributed by atoms with van der Waals surface area (Å²) in [6.07, 6.45) is -0.680. The second-order valence-corrected chi connectivity index (χ2v) is 2.62. The molecule has 0 saturated heterocycles. The Kier molecular flexibility index (Phi) is 3.82. The second-order valence-electron chi connectivity index (χ2n) is 2.62. The Balaban J connectivity index is 2.55. The highest BCUT2D eigenvalue weighted by atomic mass is 19.1. The predicted octanol–water partition coefficient (Wildman–Crippen LogP) is 1.01. The van der Waals surface area contributed by atoms with Crippen molar-refractivity contribution in [3.63, 3.8) is 0 Å². The molecule has 0 aliphatic heterocycles. The standard InChI is InChI=1S/C9H12FNO2/c1-13-11-6-9(12)7-2-4-8(10)5-3-7/h2-5,9,11-12H,6H2,1H3. The fourth-order valence-electron chi connectivity index (χ4n) is 0.965. The summed E-state index contributed by atoms with van der Waals surface area (Å²) < 4.78 is 12.5. The number of nitrogens with one attached hydrogen (secondary N) is 1. The smallest absolute Gasteiger partial charge is 0.123 e. The second kappa shape index (κ2) is 4.91. The molecule has 0 aliphatic rings. The van der Waals surface area contributed by atoms with Crippen molar-refractivity contribution in [3.8, 4) is 0 Å². The van der Waals surface area contributed by atoms with Crippen molar-refractivity contribution < 1.29 is 14.3 Å². The molecule has 3 nitrogen and oxygen atoms in total. The van der Waals surface area contributed by atoms with Gasteiger partial charge in [0.15, 0.2) is 0 Å². The molecule has 1 unspecified atom stereocenters. The molecule has 1 aromatic carbocycles. The van der Waals surface area contributed by atoms with E-state index in [2.05, 4.69) is 10.3 Å². The van der Waals surface area contributed by atoms with Crippen molar-refractivity contribution in [1.82, 2.24) is 5.48 Å². The third-order valence-electron chi connectivity index (χ3n) is 1.68. The van der Waals surface area contributed by atoms with Gasteiger partial charge in [0.2, 0.25) is 0 Å². The molecule has 2 N–H and O–H groups in total. The highest BCUT2D eigenvalue weighted by Gasteiger charge is 2.05. The predicted molar refractivity (Wildman–Crippen MR) is 46.4 cm³/mol. The molecule has 0 saturated carbocycles. The molecule has 1 rings (SSSR count). The summed E-state index contributed by atoms with van der Waals surface area (Å²) in [7, 11) is 1.47. The summed E-state index contributed by atoms with van der Waals surface area (Å²) in [6.45, 7) is 0.280. The molecule has 0 fully saturated rings. The molecule has 72 valence electrons. The van der Waals surface area contributed by atoms with E-state index in [4.69, 9.17) is 0 Å². The Hall–Kier alpha value is -0.970. The van der Waals surface area contributed by atoms with Crippen molar-refractivity contribution in [2.24, 2.45) is 0 Å². The molecule has 0 bridgehead atoms. The molecule has 0 radical (unpaired) electrons. The van der Waals surface area contributed by atoms with Crippen LogP contribution in [-0.2, 0) is 4.84 Å². The van der Waals surface area contributed by atoms with Gasteiger partial charge >= 0.3 is 0 Å². The van der Waals surface area contributed by atoms with E-state index in [1.54, 1.807) is 0 Å². The number of rotatable bonds is 4. The number of benzene rings is 1. The lowest BCUT2D eigenvalue weighted by molar-refractivity contribution is 0.0499. The zero-order valence-electron chi connectivity index (χ0n) is 7.33. The van der Waals surface area contributed by atoms with E-state index >= 15 is 0 Å². The van der Waals surface area contributed by atoms with Crippen LogP contribution in [0.15, 0.2) is 24.3 Å². The largest absolute Gasteiger partial charge is 0.387 e. The first kappa shape index (κ1) is 10.1. The maximum Gasteiger partial charge on any atom is 0.123 e. The Morgan fingerprint density at radius 1 is 1.46 bits per heavy atom. The van der Waals surface area contributed by atoms with Crippen molar-refractivity contribution in [3.05, 3.63) is 35.6 Å². The van der Waals surface area contributed by atoms with Crippen molar-refractivity contribution in [2.75, 3.05) is 13.7 Å². The highest BCUT2D eigenvalue weighted by molar-refractivity contribution is 5.18. The molecular weight excluding hydrogens is 173 g/mol. The molecule has 13 heavy (non-hydrogen) atoms. The van der Waals surface area contributed by atoms with Crippen molar-refractivity contribution in [1.29, 1.82) is 0 Å². The molecule has 0 amide bonds. The average molecular weight is 185 g/mol. The average Bonchev–Trinajstić information content (AvgIpc) is 2.15. The summed E-state index contributed by atoms with van der Waals surface area (Å²) in [5.41, 5.74) is 3.18. The van der Waals surface area contributed by atoms with Gasteiger partial charge in [-0.05, 0) is 17.7 Å². The fraction of sp³-hybridized carbons (Fsp3) is 0.333. The van der Waals surface area contributed by atoms with Crippen LogP contribution in [-0.4, -0.2) is 18.8 Å². The van der Waals surface area contributed by atoms with Crippen LogP contribution < -0.4 is 5.48 Å². The number of halogens is 1.